The molecule has 0 aromatic heterocycles. The van der Waals surface area contributed by atoms with E-state index in [1.165, 1.54) is 18.2 Å². The van der Waals surface area contributed by atoms with Crippen LogP contribution in [-0.2, 0) is 0 Å². The highest BCUT2D eigenvalue weighted by Gasteiger charge is 2.10. The van der Waals surface area contributed by atoms with Crippen LogP contribution in [0, 0.1) is 15.9 Å². The lowest BCUT2D eigenvalue weighted by molar-refractivity contribution is -0.385. The number of benzene rings is 2. The van der Waals surface area contributed by atoms with Crippen molar-refractivity contribution < 1.29 is 19.2 Å². The van der Waals surface area contributed by atoms with E-state index in [0.29, 0.717) is 5.69 Å². The van der Waals surface area contributed by atoms with Crippen LogP contribution in [0.15, 0.2) is 42.5 Å². The number of anilines is 2. The van der Waals surface area contributed by atoms with Crippen molar-refractivity contribution in [2.24, 2.45) is 0 Å². The van der Waals surface area contributed by atoms with Crippen LogP contribution in [0.4, 0.5) is 21.5 Å². The Morgan fingerprint density at radius 3 is 2.60 bits per heavy atom. The van der Waals surface area contributed by atoms with Gasteiger partial charge in [-0.3, -0.25) is 10.1 Å². The van der Waals surface area contributed by atoms with Crippen LogP contribution in [0.2, 0.25) is 0 Å². The molecule has 0 amide bonds. The molecule has 0 aliphatic heterocycles. The largest absolute Gasteiger partial charge is 0.478 e. The molecule has 0 saturated carbocycles. The molecule has 6 nitrogen and oxygen atoms in total. The number of carboxylic acid groups (broad SMARTS) is 1. The summed E-state index contributed by atoms with van der Waals surface area (Å²) in [6.45, 7) is 0. The van der Waals surface area contributed by atoms with Gasteiger partial charge in [-0.05, 0) is 24.3 Å². The minimum absolute atomic E-state index is 0.0564. The highest BCUT2D eigenvalue weighted by molar-refractivity contribution is 5.89. The van der Waals surface area contributed by atoms with E-state index in [2.05, 4.69) is 5.32 Å². The summed E-state index contributed by atoms with van der Waals surface area (Å²) >= 11 is 0. The topological polar surface area (TPSA) is 92.5 Å². The Hall–Kier alpha value is -2.96. The maximum Gasteiger partial charge on any atom is 0.335 e. The van der Waals surface area contributed by atoms with Crippen molar-refractivity contribution >= 4 is 23.0 Å². The normalized spacial score (nSPS) is 10.1. The standard InChI is InChI=1S/C13H9FN2O4/c14-9-5-11(7-12(6-9)16(19)20)15-10-3-1-2-8(4-10)13(17)18/h1-7,15H,(H,17,18). The minimum atomic E-state index is -1.10. The van der Waals surface area contributed by atoms with Crippen molar-refractivity contribution in [3.05, 3.63) is 64.0 Å². The van der Waals surface area contributed by atoms with E-state index >= 15 is 0 Å². The lowest BCUT2D eigenvalue weighted by Crippen LogP contribution is -1.98. The average Bonchev–Trinajstić information content (AvgIpc) is 2.38. The van der Waals surface area contributed by atoms with Gasteiger partial charge in [-0.1, -0.05) is 6.07 Å². The van der Waals surface area contributed by atoms with Crippen LogP contribution in [0.1, 0.15) is 10.4 Å². The average molecular weight is 276 g/mol. The third-order valence-electron chi connectivity index (χ3n) is 2.49. The van der Waals surface area contributed by atoms with Crippen molar-refractivity contribution in [1.82, 2.24) is 0 Å². The molecule has 2 aromatic rings. The van der Waals surface area contributed by atoms with Gasteiger partial charge >= 0.3 is 5.97 Å². The molecule has 0 bridgehead atoms. The Kier molecular flexibility index (Phi) is 3.60. The van der Waals surface area contributed by atoms with Crippen LogP contribution in [0.25, 0.3) is 0 Å². The zero-order valence-electron chi connectivity index (χ0n) is 10.0. The molecule has 0 atom stereocenters. The fraction of sp³-hybridized carbons (Fsp3) is 0. The van der Waals surface area contributed by atoms with Crippen LogP contribution >= 0.6 is 0 Å². The van der Waals surface area contributed by atoms with Crippen LogP contribution in [0.3, 0.4) is 0 Å². The summed E-state index contributed by atoms with van der Waals surface area (Å²) in [7, 11) is 0. The van der Waals surface area contributed by atoms with Gasteiger partial charge in [-0.25, -0.2) is 9.18 Å². The summed E-state index contributed by atoms with van der Waals surface area (Å²) in [4.78, 5) is 20.8. The number of nitro groups is 1. The van der Waals surface area contributed by atoms with Crippen LogP contribution < -0.4 is 5.32 Å². The Morgan fingerprint density at radius 2 is 1.95 bits per heavy atom. The molecular weight excluding hydrogens is 267 g/mol. The number of nitrogens with zero attached hydrogens (tertiary/aromatic N) is 1. The summed E-state index contributed by atoms with van der Waals surface area (Å²) in [6, 6.07) is 8.89. The molecule has 102 valence electrons. The smallest absolute Gasteiger partial charge is 0.335 e. The SMILES string of the molecule is O=C(O)c1cccc(Nc2cc(F)cc([N+](=O)[O-])c2)c1. The molecule has 0 unspecified atom stereocenters. The molecule has 0 saturated heterocycles. The second kappa shape index (κ2) is 5.35. The molecule has 7 heteroatoms. The number of carboxylic acids is 1. The van der Waals surface area contributed by atoms with Gasteiger partial charge in [0.15, 0.2) is 0 Å². The predicted octanol–water partition coefficient (Wildman–Crippen LogP) is 3.18. The number of carbonyl (C=O) groups is 1. The minimum Gasteiger partial charge on any atom is -0.478 e. The van der Waals surface area contributed by atoms with Gasteiger partial charge in [0.1, 0.15) is 5.82 Å². The van der Waals surface area contributed by atoms with Gasteiger partial charge in [0, 0.05) is 17.4 Å². The number of rotatable bonds is 4. The fourth-order valence-electron chi connectivity index (χ4n) is 1.65. The van der Waals surface area contributed by atoms with E-state index in [4.69, 9.17) is 5.11 Å². The van der Waals surface area contributed by atoms with Crippen molar-refractivity contribution in [3.8, 4) is 0 Å². The number of non-ortho nitro benzene ring substituents is 1. The first-order valence-corrected chi connectivity index (χ1v) is 5.51. The van der Waals surface area contributed by atoms with Gasteiger partial charge in [-0.2, -0.15) is 0 Å². The molecule has 0 heterocycles. The highest BCUT2D eigenvalue weighted by atomic mass is 19.1. The van der Waals surface area contributed by atoms with Crippen LogP contribution in [0.5, 0.6) is 0 Å². The van der Waals surface area contributed by atoms with E-state index in [-0.39, 0.29) is 16.9 Å². The molecule has 2 N–H and O–H groups in total. The zero-order valence-corrected chi connectivity index (χ0v) is 10.0. The second-order valence-corrected chi connectivity index (χ2v) is 3.97. The van der Waals surface area contributed by atoms with Gasteiger partial charge in [-0.15, -0.1) is 0 Å². The van der Waals surface area contributed by atoms with Crippen molar-refractivity contribution in [2.45, 2.75) is 0 Å². The summed E-state index contributed by atoms with van der Waals surface area (Å²) in [5, 5.41) is 22.2. The third kappa shape index (κ3) is 3.08. The molecule has 2 rings (SSSR count). The third-order valence-corrected chi connectivity index (χ3v) is 2.49. The summed E-state index contributed by atoms with van der Waals surface area (Å²) in [5.74, 6) is -1.85. The zero-order chi connectivity index (χ0) is 14.7. The van der Waals surface area contributed by atoms with E-state index in [0.717, 1.165) is 18.2 Å². The summed E-state index contributed by atoms with van der Waals surface area (Å²) < 4.78 is 13.3. The van der Waals surface area contributed by atoms with Crippen molar-refractivity contribution in [3.63, 3.8) is 0 Å². The molecule has 0 aliphatic rings. The van der Waals surface area contributed by atoms with E-state index in [9.17, 15) is 19.3 Å². The van der Waals surface area contributed by atoms with E-state index < -0.39 is 16.7 Å². The Balaban J connectivity index is 2.32. The predicted molar refractivity (Wildman–Crippen MR) is 69.7 cm³/mol. The van der Waals surface area contributed by atoms with Crippen molar-refractivity contribution in [2.75, 3.05) is 5.32 Å². The number of halogens is 1. The molecular formula is C13H9FN2O4. The first kappa shape index (κ1) is 13.5. The number of nitro benzene ring substituents is 1. The Labute approximate surface area is 112 Å². The van der Waals surface area contributed by atoms with Gasteiger partial charge in [0.05, 0.1) is 16.6 Å². The first-order valence-electron chi connectivity index (χ1n) is 5.51. The van der Waals surface area contributed by atoms with E-state index in [1.54, 1.807) is 6.07 Å². The maximum atomic E-state index is 13.3. The lowest BCUT2D eigenvalue weighted by Gasteiger charge is -2.07. The second-order valence-electron chi connectivity index (χ2n) is 3.97. The Morgan fingerprint density at radius 1 is 1.20 bits per heavy atom. The number of hydrogen-bond donors (Lipinski definition) is 2. The molecule has 20 heavy (non-hydrogen) atoms. The van der Waals surface area contributed by atoms with Crippen LogP contribution in [-0.4, -0.2) is 16.0 Å². The van der Waals surface area contributed by atoms with Gasteiger partial charge < -0.3 is 10.4 Å². The van der Waals surface area contributed by atoms with E-state index in [1.807, 2.05) is 0 Å². The fourth-order valence-corrected chi connectivity index (χ4v) is 1.65. The lowest BCUT2D eigenvalue weighted by atomic mass is 10.2. The van der Waals surface area contributed by atoms with Gasteiger partial charge in [0.2, 0.25) is 0 Å². The Bertz CT molecular complexity index is 688. The molecule has 0 radical (unpaired) electrons. The molecule has 0 aliphatic carbocycles. The molecule has 0 fully saturated rings. The quantitative estimate of drug-likeness (QED) is 0.660. The molecule has 2 aromatic carbocycles. The maximum absolute atomic E-state index is 13.3. The number of hydrogen-bond acceptors (Lipinski definition) is 4. The molecule has 0 spiro atoms. The highest BCUT2D eigenvalue weighted by Crippen LogP contribution is 2.23. The van der Waals surface area contributed by atoms with Crippen molar-refractivity contribution in [1.29, 1.82) is 0 Å². The van der Waals surface area contributed by atoms with Gasteiger partial charge in [0.25, 0.3) is 5.69 Å². The number of nitrogens with one attached hydrogen (secondary N) is 1. The number of aromatic carboxylic acids is 1. The summed E-state index contributed by atoms with van der Waals surface area (Å²) in [5.41, 5.74) is 0.229. The monoisotopic (exact) mass is 276 g/mol. The first-order chi connectivity index (χ1) is 9.45. The summed E-state index contributed by atoms with van der Waals surface area (Å²) in [6.07, 6.45) is 0.